The van der Waals surface area contributed by atoms with E-state index in [9.17, 15) is 4.79 Å². The van der Waals surface area contributed by atoms with Crippen LogP contribution in [0.25, 0.3) is 0 Å². The summed E-state index contributed by atoms with van der Waals surface area (Å²) in [6, 6.07) is 4.09. The lowest BCUT2D eigenvalue weighted by Crippen LogP contribution is -2.12. The molecule has 0 spiro atoms. The highest BCUT2D eigenvalue weighted by molar-refractivity contribution is 7.11. The average Bonchev–Trinajstić information content (AvgIpc) is 2.77. The lowest BCUT2D eigenvalue weighted by molar-refractivity contribution is -0.146. The molecule has 1 aromatic rings. The second-order valence-electron chi connectivity index (χ2n) is 6.00. The Labute approximate surface area is 145 Å². The third-order valence-electron chi connectivity index (χ3n) is 4.07. The van der Waals surface area contributed by atoms with Crippen molar-refractivity contribution in [2.24, 2.45) is 17.3 Å². The molecule has 1 aromatic heterocycles. The molecule has 2 atom stereocenters. The Kier molecular flexibility index (Phi) is 5.94. The summed E-state index contributed by atoms with van der Waals surface area (Å²) in [5.41, 5.74) is -0.138. The first-order valence-corrected chi connectivity index (χ1v) is 8.69. The van der Waals surface area contributed by atoms with E-state index in [4.69, 9.17) is 32.7 Å². The zero-order valence-corrected chi connectivity index (χ0v) is 15.2. The highest BCUT2D eigenvalue weighted by Crippen LogP contribution is 2.60. The van der Waals surface area contributed by atoms with Crippen LogP contribution in [0.3, 0.4) is 0 Å². The summed E-state index contributed by atoms with van der Waals surface area (Å²) in [5, 5.41) is 0. The molecular formula is C16H20Cl2O3S. The van der Waals surface area contributed by atoms with Crippen molar-refractivity contribution in [3.63, 3.8) is 0 Å². The molecule has 1 heterocycles. The van der Waals surface area contributed by atoms with Gasteiger partial charge in [0.05, 0.1) is 19.1 Å². The van der Waals surface area contributed by atoms with Crippen LogP contribution in [-0.4, -0.2) is 19.7 Å². The maximum atomic E-state index is 12.2. The SMILES string of the molecule is COCc1ccc(CCOC(=O)[C@@H]2[C@@H](C=C(Cl)Cl)C2(C)C)s1. The Morgan fingerprint density at radius 3 is 2.68 bits per heavy atom. The topological polar surface area (TPSA) is 35.5 Å². The Morgan fingerprint density at radius 2 is 2.05 bits per heavy atom. The van der Waals surface area contributed by atoms with Crippen molar-refractivity contribution < 1.29 is 14.3 Å². The van der Waals surface area contributed by atoms with Crippen LogP contribution in [-0.2, 0) is 27.3 Å². The predicted octanol–water partition coefficient (Wildman–Crippen LogP) is 4.57. The summed E-state index contributed by atoms with van der Waals surface area (Å²) in [4.78, 5) is 14.5. The van der Waals surface area contributed by atoms with Crippen molar-refractivity contribution in [3.05, 3.63) is 32.5 Å². The summed E-state index contributed by atoms with van der Waals surface area (Å²) in [7, 11) is 1.68. The number of rotatable bonds is 7. The highest BCUT2D eigenvalue weighted by Gasteiger charge is 2.61. The molecule has 0 saturated heterocycles. The molecule has 0 aromatic carbocycles. The number of ether oxygens (including phenoxy) is 2. The van der Waals surface area contributed by atoms with Gasteiger partial charge < -0.3 is 9.47 Å². The van der Waals surface area contributed by atoms with Crippen LogP contribution >= 0.6 is 34.5 Å². The number of allylic oxidation sites excluding steroid dienone is 1. The molecule has 122 valence electrons. The van der Waals surface area contributed by atoms with Gasteiger partial charge in [-0.25, -0.2) is 0 Å². The highest BCUT2D eigenvalue weighted by atomic mass is 35.5. The molecule has 1 fully saturated rings. The predicted molar refractivity (Wildman–Crippen MR) is 90.2 cm³/mol. The lowest BCUT2D eigenvalue weighted by atomic mass is 10.1. The van der Waals surface area contributed by atoms with Gasteiger partial charge in [0.15, 0.2) is 0 Å². The number of carbonyl (C=O) groups excluding carboxylic acids is 1. The van der Waals surface area contributed by atoms with Crippen LogP contribution in [0.2, 0.25) is 0 Å². The van der Waals surface area contributed by atoms with Crippen molar-refractivity contribution in [3.8, 4) is 0 Å². The Balaban J connectivity index is 1.80. The molecule has 3 nitrogen and oxygen atoms in total. The number of hydrogen-bond acceptors (Lipinski definition) is 4. The number of halogens is 2. The van der Waals surface area contributed by atoms with Gasteiger partial charge in [0.25, 0.3) is 0 Å². The van der Waals surface area contributed by atoms with Crippen molar-refractivity contribution in [2.45, 2.75) is 26.9 Å². The third-order valence-corrected chi connectivity index (χ3v) is 5.44. The van der Waals surface area contributed by atoms with Gasteiger partial charge in [0.2, 0.25) is 0 Å². The van der Waals surface area contributed by atoms with Crippen molar-refractivity contribution in [1.82, 2.24) is 0 Å². The molecular weight excluding hydrogens is 343 g/mol. The minimum atomic E-state index is -0.172. The van der Waals surface area contributed by atoms with Gasteiger partial charge >= 0.3 is 5.97 Å². The van der Waals surface area contributed by atoms with Crippen LogP contribution in [0.1, 0.15) is 23.6 Å². The first-order chi connectivity index (χ1) is 10.4. The smallest absolute Gasteiger partial charge is 0.310 e. The summed E-state index contributed by atoms with van der Waals surface area (Å²) in [6.07, 6.45) is 2.45. The fourth-order valence-electron chi connectivity index (χ4n) is 2.69. The number of carbonyl (C=O) groups is 1. The molecule has 1 aliphatic carbocycles. The van der Waals surface area contributed by atoms with E-state index in [-0.39, 0.29) is 27.7 Å². The number of thiophene rings is 1. The molecule has 0 amide bonds. The minimum Gasteiger partial charge on any atom is -0.465 e. The van der Waals surface area contributed by atoms with Gasteiger partial charge in [-0.2, -0.15) is 0 Å². The Bertz CT molecular complexity index is 561. The average molecular weight is 363 g/mol. The minimum absolute atomic E-state index is 0.0556. The van der Waals surface area contributed by atoms with E-state index in [1.165, 1.54) is 9.75 Å². The number of methoxy groups -OCH3 is 1. The first kappa shape index (κ1) is 17.8. The zero-order chi connectivity index (χ0) is 16.3. The molecule has 1 aliphatic rings. The summed E-state index contributed by atoms with van der Waals surface area (Å²) < 4.78 is 10.7. The summed E-state index contributed by atoms with van der Waals surface area (Å²) in [5.74, 6) is -0.276. The van der Waals surface area contributed by atoms with E-state index in [1.54, 1.807) is 24.5 Å². The molecule has 22 heavy (non-hydrogen) atoms. The standard InChI is InChI=1S/C16H20Cl2O3S/c1-16(2)12(8-13(17)18)14(16)15(19)21-7-6-10-4-5-11(22-10)9-20-3/h4-5,8,12,14H,6-7,9H2,1-3H3/t12-,14+/m1/s1. The Hall–Kier alpha value is -0.550. The maximum Gasteiger partial charge on any atom is 0.310 e. The van der Waals surface area contributed by atoms with E-state index in [0.717, 1.165) is 6.42 Å². The van der Waals surface area contributed by atoms with E-state index >= 15 is 0 Å². The summed E-state index contributed by atoms with van der Waals surface area (Å²) >= 11 is 13.1. The molecule has 0 aliphatic heterocycles. The van der Waals surface area contributed by atoms with Crippen molar-refractivity contribution in [1.29, 1.82) is 0 Å². The number of esters is 1. The van der Waals surface area contributed by atoms with Gasteiger partial charge in [-0.3, -0.25) is 4.79 Å². The van der Waals surface area contributed by atoms with Crippen LogP contribution in [0, 0.1) is 17.3 Å². The molecule has 0 unspecified atom stereocenters. The first-order valence-electron chi connectivity index (χ1n) is 7.12. The van der Waals surface area contributed by atoms with E-state index < -0.39 is 0 Å². The van der Waals surface area contributed by atoms with Crippen LogP contribution in [0.5, 0.6) is 0 Å². The molecule has 0 N–H and O–H groups in total. The van der Waals surface area contributed by atoms with Crippen molar-refractivity contribution >= 4 is 40.5 Å². The third kappa shape index (κ3) is 4.25. The fraction of sp³-hybridized carbons (Fsp3) is 0.562. The van der Waals surface area contributed by atoms with Crippen molar-refractivity contribution in [2.75, 3.05) is 13.7 Å². The molecule has 0 radical (unpaired) electrons. The van der Waals surface area contributed by atoms with Gasteiger partial charge in [-0.15, -0.1) is 11.3 Å². The van der Waals surface area contributed by atoms with E-state index in [0.29, 0.717) is 13.2 Å². The maximum absolute atomic E-state index is 12.2. The lowest BCUT2D eigenvalue weighted by Gasteiger charge is -2.04. The second kappa shape index (κ2) is 7.35. The zero-order valence-electron chi connectivity index (χ0n) is 12.9. The van der Waals surface area contributed by atoms with Crippen LogP contribution in [0.4, 0.5) is 0 Å². The van der Waals surface area contributed by atoms with E-state index in [1.807, 2.05) is 26.0 Å². The van der Waals surface area contributed by atoms with Gasteiger partial charge in [-0.05, 0) is 29.5 Å². The fourth-order valence-corrected chi connectivity index (χ4v) is 3.94. The summed E-state index contributed by atoms with van der Waals surface area (Å²) in [6.45, 7) is 5.05. The molecule has 6 heteroatoms. The van der Waals surface area contributed by atoms with Gasteiger partial charge in [-0.1, -0.05) is 37.0 Å². The monoisotopic (exact) mass is 362 g/mol. The quantitative estimate of drug-likeness (QED) is 0.666. The Morgan fingerprint density at radius 1 is 1.36 bits per heavy atom. The van der Waals surface area contributed by atoms with Gasteiger partial charge in [0.1, 0.15) is 4.49 Å². The largest absolute Gasteiger partial charge is 0.465 e. The number of hydrogen-bond donors (Lipinski definition) is 0. The van der Waals surface area contributed by atoms with Gasteiger partial charge in [0, 0.05) is 23.3 Å². The van der Waals surface area contributed by atoms with Crippen LogP contribution < -0.4 is 0 Å². The molecule has 0 bridgehead atoms. The van der Waals surface area contributed by atoms with Crippen LogP contribution in [0.15, 0.2) is 22.7 Å². The molecule has 2 rings (SSSR count). The normalized spacial score (nSPS) is 22.2. The second-order valence-corrected chi connectivity index (χ2v) is 8.26. The molecule has 1 saturated carbocycles. The van der Waals surface area contributed by atoms with E-state index in [2.05, 4.69) is 0 Å².